The summed E-state index contributed by atoms with van der Waals surface area (Å²) >= 11 is 5.65. The van der Waals surface area contributed by atoms with Crippen molar-refractivity contribution in [3.8, 4) is 0 Å². The maximum atomic E-state index is 13.0. The summed E-state index contributed by atoms with van der Waals surface area (Å²) in [4.78, 5) is 11.9. The van der Waals surface area contributed by atoms with Gasteiger partial charge < -0.3 is 5.32 Å². The van der Waals surface area contributed by atoms with Crippen LogP contribution in [0.3, 0.4) is 0 Å². The van der Waals surface area contributed by atoms with Crippen molar-refractivity contribution in [3.05, 3.63) is 34.6 Å². The number of nitrogens with one attached hydrogen (secondary N) is 1. The van der Waals surface area contributed by atoms with Crippen LogP contribution in [0.1, 0.15) is 12.0 Å². The van der Waals surface area contributed by atoms with Crippen LogP contribution in [-0.2, 0) is 21.1 Å². The number of carbonyl (C=O) groups excluding carboxylic acids is 1. The van der Waals surface area contributed by atoms with E-state index in [0.29, 0.717) is 12.1 Å². The summed E-state index contributed by atoms with van der Waals surface area (Å²) in [6, 6.07) is 3.80. The smallest absolute Gasteiger partial charge is 0.153 e. The molecule has 1 aliphatic rings. The fourth-order valence-electron chi connectivity index (χ4n) is 2.22. The molecule has 1 heterocycles. The molecule has 0 saturated carbocycles. The van der Waals surface area contributed by atoms with Gasteiger partial charge in [0.15, 0.2) is 9.84 Å². The van der Waals surface area contributed by atoms with Crippen LogP contribution in [0.4, 0.5) is 4.39 Å². The van der Waals surface area contributed by atoms with Crippen molar-refractivity contribution in [1.29, 1.82) is 0 Å². The second-order valence-corrected chi connectivity index (χ2v) is 7.57. The van der Waals surface area contributed by atoms with Crippen molar-refractivity contribution >= 4 is 27.2 Å². The van der Waals surface area contributed by atoms with Gasteiger partial charge in [-0.1, -0.05) is 17.7 Å². The minimum absolute atomic E-state index is 0.0110. The van der Waals surface area contributed by atoms with Gasteiger partial charge in [-0.3, -0.25) is 4.79 Å². The first kappa shape index (κ1) is 15.4. The number of hydrogen-bond donors (Lipinski definition) is 1. The second-order valence-electron chi connectivity index (χ2n) is 4.93. The maximum Gasteiger partial charge on any atom is 0.153 e. The SMILES string of the molecule is O=C(Cc1ccc(F)c(Cl)c1)CC1CS(=O)(=O)CCN1. The lowest BCUT2D eigenvalue weighted by Gasteiger charge is -2.22. The minimum atomic E-state index is -3.05. The summed E-state index contributed by atoms with van der Waals surface area (Å²) in [5, 5.41) is 3.01. The lowest BCUT2D eigenvalue weighted by Crippen LogP contribution is -2.46. The first-order chi connectivity index (χ1) is 9.35. The zero-order valence-corrected chi connectivity index (χ0v) is 12.3. The average Bonchev–Trinajstić information content (AvgIpc) is 2.32. The largest absolute Gasteiger partial charge is 0.312 e. The van der Waals surface area contributed by atoms with Crippen molar-refractivity contribution in [2.24, 2.45) is 0 Å². The Bertz CT molecular complexity index is 618. The Kier molecular flexibility index (Phi) is 4.78. The van der Waals surface area contributed by atoms with Gasteiger partial charge in [0.25, 0.3) is 0 Å². The van der Waals surface area contributed by atoms with Crippen LogP contribution in [-0.4, -0.2) is 38.3 Å². The highest BCUT2D eigenvalue weighted by atomic mass is 35.5. The number of Topliss-reactive ketones (excluding diaryl/α,β-unsaturated/α-hetero) is 1. The number of hydrogen-bond acceptors (Lipinski definition) is 4. The molecule has 1 atom stereocenters. The van der Waals surface area contributed by atoms with Gasteiger partial charge in [0.2, 0.25) is 0 Å². The van der Waals surface area contributed by atoms with E-state index in [1.165, 1.54) is 18.2 Å². The van der Waals surface area contributed by atoms with Crippen molar-refractivity contribution in [2.45, 2.75) is 18.9 Å². The fraction of sp³-hybridized carbons (Fsp3) is 0.462. The molecule has 7 heteroatoms. The van der Waals surface area contributed by atoms with E-state index in [9.17, 15) is 17.6 Å². The summed E-state index contributed by atoms with van der Waals surface area (Å²) in [6.45, 7) is 0.378. The van der Waals surface area contributed by atoms with Gasteiger partial charge in [-0.15, -0.1) is 0 Å². The third kappa shape index (κ3) is 4.26. The number of sulfone groups is 1. The quantitative estimate of drug-likeness (QED) is 0.910. The molecule has 0 amide bonds. The van der Waals surface area contributed by atoms with Gasteiger partial charge in [0.1, 0.15) is 11.6 Å². The predicted octanol–water partition coefficient (Wildman–Crippen LogP) is 1.37. The summed E-state index contributed by atoms with van der Waals surface area (Å²) in [7, 11) is -3.05. The Morgan fingerprint density at radius 1 is 1.45 bits per heavy atom. The molecule has 1 fully saturated rings. The van der Waals surface area contributed by atoms with E-state index in [-0.39, 0.29) is 41.2 Å². The molecule has 0 aromatic heterocycles. The van der Waals surface area contributed by atoms with E-state index in [4.69, 9.17) is 11.6 Å². The van der Waals surface area contributed by atoms with Gasteiger partial charge >= 0.3 is 0 Å². The van der Waals surface area contributed by atoms with E-state index >= 15 is 0 Å². The van der Waals surface area contributed by atoms with Crippen LogP contribution in [0.5, 0.6) is 0 Å². The molecule has 0 spiro atoms. The molecule has 0 aliphatic carbocycles. The Balaban J connectivity index is 1.93. The first-order valence-corrected chi connectivity index (χ1v) is 8.45. The topological polar surface area (TPSA) is 63.2 Å². The molecule has 1 aromatic rings. The Hall–Kier alpha value is -0.980. The molecular formula is C13H15ClFNO3S. The van der Waals surface area contributed by atoms with E-state index < -0.39 is 15.7 Å². The molecule has 1 aromatic carbocycles. The molecular weight excluding hydrogens is 305 g/mol. The van der Waals surface area contributed by atoms with Gasteiger partial charge in [-0.2, -0.15) is 0 Å². The zero-order chi connectivity index (χ0) is 14.8. The van der Waals surface area contributed by atoms with Crippen LogP contribution >= 0.6 is 11.6 Å². The molecule has 0 bridgehead atoms. The molecule has 2 rings (SSSR count). The Morgan fingerprint density at radius 3 is 2.85 bits per heavy atom. The number of carbonyl (C=O) groups is 1. The predicted molar refractivity (Wildman–Crippen MR) is 75.2 cm³/mol. The molecule has 0 radical (unpaired) electrons. The van der Waals surface area contributed by atoms with Crippen LogP contribution in [0.15, 0.2) is 18.2 Å². The van der Waals surface area contributed by atoms with Crippen LogP contribution in [0.2, 0.25) is 5.02 Å². The Labute approximate surface area is 122 Å². The monoisotopic (exact) mass is 319 g/mol. The highest BCUT2D eigenvalue weighted by molar-refractivity contribution is 7.91. The Morgan fingerprint density at radius 2 is 2.20 bits per heavy atom. The lowest BCUT2D eigenvalue weighted by atomic mass is 10.0. The summed E-state index contributed by atoms with van der Waals surface area (Å²) in [5.41, 5.74) is 0.625. The average molecular weight is 320 g/mol. The molecule has 20 heavy (non-hydrogen) atoms. The van der Waals surface area contributed by atoms with Crippen LogP contribution in [0.25, 0.3) is 0 Å². The van der Waals surface area contributed by atoms with Crippen LogP contribution in [0, 0.1) is 5.82 Å². The van der Waals surface area contributed by atoms with Gasteiger partial charge in [0.05, 0.1) is 16.5 Å². The van der Waals surface area contributed by atoms with E-state index in [2.05, 4.69) is 5.32 Å². The van der Waals surface area contributed by atoms with Gasteiger partial charge in [0, 0.05) is 25.4 Å². The van der Waals surface area contributed by atoms with Gasteiger partial charge in [-0.25, -0.2) is 12.8 Å². The first-order valence-electron chi connectivity index (χ1n) is 6.25. The lowest BCUT2D eigenvalue weighted by molar-refractivity contribution is -0.118. The molecule has 4 nitrogen and oxygen atoms in total. The van der Waals surface area contributed by atoms with E-state index in [1.54, 1.807) is 0 Å². The fourth-order valence-corrected chi connectivity index (χ4v) is 3.87. The molecule has 110 valence electrons. The van der Waals surface area contributed by atoms with Crippen molar-refractivity contribution in [2.75, 3.05) is 18.1 Å². The third-order valence-electron chi connectivity index (χ3n) is 3.16. The molecule has 1 N–H and O–H groups in total. The van der Waals surface area contributed by atoms with Crippen molar-refractivity contribution in [1.82, 2.24) is 5.32 Å². The highest BCUT2D eigenvalue weighted by Crippen LogP contribution is 2.17. The summed E-state index contributed by atoms with van der Waals surface area (Å²) in [6.07, 6.45) is 0.270. The number of halogens is 2. The summed E-state index contributed by atoms with van der Waals surface area (Å²) < 4.78 is 35.9. The normalized spacial score (nSPS) is 21.6. The summed E-state index contributed by atoms with van der Waals surface area (Å²) in [5.74, 6) is -0.515. The van der Waals surface area contributed by atoms with E-state index in [0.717, 1.165) is 0 Å². The number of benzene rings is 1. The van der Waals surface area contributed by atoms with Gasteiger partial charge in [-0.05, 0) is 17.7 Å². The van der Waals surface area contributed by atoms with Crippen molar-refractivity contribution in [3.63, 3.8) is 0 Å². The standard InChI is InChI=1S/C13H15ClFNO3S/c14-12-6-9(1-2-13(12)15)5-11(17)7-10-8-20(18,19)4-3-16-10/h1-2,6,10,16H,3-5,7-8H2. The van der Waals surface area contributed by atoms with E-state index in [1.807, 2.05) is 0 Å². The molecule has 1 unspecified atom stereocenters. The maximum absolute atomic E-state index is 13.0. The number of rotatable bonds is 4. The zero-order valence-electron chi connectivity index (χ0n) is 10.7. The minimum Gasteiger partial charge on any atom is -0.312 e. The highest BCUT2D eigenvalue weighted by Gasteiger charge is 2.25. The number of ketones is 1. The second kappa shape index (κ2) is 6.20. The third-order valence-corrected chi connectivity index (χ3v) is 5.19. The molecule has 1 saturated heterocycles. The van der Waals surface area contributed by atoms with Crippen molar-refractivity contribution < 1.29 is 17.6 Å². The van der Waals surface area contributed by atoms with Crippen LogP contribution < -0.4 is 5.32 Å². The molecule has 1 aliphatic heterocycles.